The van der Waals surface area contributed by atoms with Gasteiger partial charge in [-0.15, -0.1) is 0 Å². The number of carboxylic acids is 1. The Morgan fingerprint density at radius 2 is 1.90 bits per heavy atom. The van der Waals surface area contributed by atoms with Crippen molar-refractivity contribution in [2.24, 2.45) is 0 Å². The number of hydrogen-bond acceptors (Lipinski definition) is 7. The van der Waals surface area contributed by atoms with Crippen LogP contribution in [0, 0.1) is 5.82 Å². The number of anilines is 2. The van der Waals surface area contributed by atoms with Crippen molar-refractivity contribution in [1.29, 1.82) is 0 Å². The second kappa shape index (κ2) is 7.55. The summed E-state index contributed by atoms with van der Waals surface area (Å²) in [5.74, 6) is -0.238. The first kappa shape index (κ1) is 19.3. The average molecular weight is 443 g/mol. The predicted molar refractivity (Wildman–Crippen MR) is 112 cm³/mol. The molecule has 0 spiro atoms. The number of imidazole rings is 1. The summed E-state index contributed by atoms with van der Waals surface area (Å²) in [6.07, 6.45) is 1.53. The van der Waals surface area contributed by atoms with E-state index >= 15 is 0 Å². The van der Waals surface area contributed by atoms with Gasteiger partial charge in [-0.25, -0.2) is 24.1 Å². The van der Waals surface area contributed by atoms with Crippen LogP contribution in [0.4, 0.5) is 16.0 Å². The Kier molecular flexibility index (Phi) is 4.70. The molecule has 4 heterocycles. The van der Waals surface area contributed by atoms with Crippen molar-refractivity contribution in [2.45, 2.75) is 0 Å². The van der Waals surface area contributed by atoms with Crippen LogP contribution in [0.1, 0.15) is 10.4 Å². The molecule has 0 saturated carbocycles. The monoisotopic (exact) mass is 442 g/mol. The number of benzene rings is 1. The molecular formula is C20H16ClFN6O3. The molecule has 0 bridgehead atoms. The van der Waals surface area contributed by atoms with Crippen LogP contribution in [0.2, 0.25) is 5.15 Å². The number of rotatable bonds is 4. The second-order valence-electron chi connectivity index (χ2n) is 7.02. The lowest BCUT2D eigenvalue weighted by Crippen LogP contribution is -2.47. The second-order valence-corrected chi connectivity index (χ2v) is 7.38. The average Bonchev–Trinajstić information content (AvgIpc) is 3.44. The van der Waals surface area contributed by atoms with Crippen molar-refractivity contribution in [3.05, 3.63) is 53.1 Å². The lowest BCUT2D eigenvalue weighted by molar-refractivity contribution is 0.0696. The topological polar surface area (TPSA) is 111 Å². The van der Waals surface area contributed by atoms with Crippen LogP contribution in [0.15, 0.2) is 41.0 Å². The van der Waals surface area contributed by atoms with Crippen molar-refractivity contribution in [2.75, 3.05) is 36.0 Å². The molecule has 1 aromatic carbocycles. The molecule has 1 aliphatic heterocycles. The minimum absolute atomic E-state index is 0.0749. The zero-order valence-electron chi connectivity index (χ0n) is 16.0. The van der Waals surface area contributed by atoms with E-state index in [0.717, 1.165) is 6.07 Å². The molecule has 0 amide bonds. The number of nitrogens with one attached hydrogen (secondary N) is 1. The molecule has 2 N–H and O–H groups in total. The maximum absolute atomic E-state index is 14.4. The van der Waals surface area contributed by atoms with E-state index in [0.29, 0.717) is 60.6 Å². The number of piperazine rings is 1. The van der Waals surface area contributed by atoms with Crippen molar-refractivity contribution < 1.29 is 18.7 Å². The summed E-state index contributed by atoms with van der Waals surface area (Å²) in [5, 5.41) is 9.22. The van der Waals surface area contributed by atoms with Crippen LogP contribution in [0.25, 0.3) is 22.7 Å². The summed E-state index contributed by atoms with van der Waals surface area (Å²) < 4.78 is 19.7. The van der Waals surface area contributed by atoms with E-state index in [-0.39, 0.29) is 10.7 Å². The van der Waals surface area contributed by atoms with Gasteiger partial charge < -0.3 is 24.3 Å². The fraction of sp³-hybridized carbons (Fsp3) is 0.200. The first-order valence-electron chi connectivity index (χ1n) is 9.49. The van der Waals surface area contributed by atoms with Gasteiger partial charge in [0.15, 0.2) is 22.4 Å². The Morgan fingerprint density at radius 3 is 2.58 bits per heavy atom. The minimum Gasteiger partial charge on any atom is -0.478 e. The number of carbonyl (C=O) groups is 1. The normalized spacial score (nSPS) is 14.4. The van der Waals surface area contributed by atoms with Gasteiger partial charge in [-0.2, -0.15) is 0 Å². The van der Waals surface area contributed by atoms with Crippen molar-refractivity contribution in [3.8, 4) is 11.6 Å². The molecule has 5 rings (SSSR count). The summed E-state index contributed by atoms with van der Waals surface area (Å²) in [7, 11) is 0. The Bertz CT molecular complexity index is 1270. The number of aromatic nitrogens is 4. The third-order valence-electron chi connectivity index (χ3n) is 5.15. The van der Waals surface area contributed by atoms with Crippen LogP contribution < -0.4 is 9.80 Å². The van der Waals surface area contributed by atoms with Gasteiger partial charge in [-0.05, 0) is 30.3 Å². The Balaban J connectivity index is 1.35. The largest absolute Gasteiger partial charge is 0.478 e. The van der Waals surface area contributed by atoms with E-state index in [2.05, 4.69) is 19.9 Å². The number of aromatic carboxylic acids is 1. The molecule has 1 saturated heterocycles. The van der Waals surface area contributed by atoms with Crippen molar-refractivity contribution >= 4 is 40.4 Å². The first-order chi connectivity index (χ1) is 15.0. The number of halogens is 2. The molecule has 158 valence electrons. The highest BCUT2D eigenvalue weighted by Gasteiger charge is 2.23. The lowest BCUT2D eigenvalue weighted by atomic mass is 10.1. The smallest absolute Gasteiger partial charge is 0.335 e. The van der Waals surface area contributed by atoms with Crippen LogP contribution in [-0.4, -0.2) is 57.2 Å². The summed E-state index contributed by atoms with van der Waals surface area (Å²) >= 11 is 6.30. The van der Waals surface area contributed by atoms with Crippen LogP contribution in [0.5, 0.6) is 0 Å². The maximum atomic E-state index is 14.4. The van der Waals surface area contributed by atoms with Crippen LogP contribution in [-0.2, 0) is 0 Å². The van der Waals surface area contributed by atoms with E-state index in [1.54, 1.807) is 12.1 Å². The minimum atomic E-state index is -1.16. The van der Waals surface area contributed by atoms with E-state index in [9.17, 15) is 9.18 Å². The number of nitrogens with zero attached hydrogens (tertiary/aromatic N) is 5. The molecule has 0 aliphatic carbocycles. The van der Waals surface area contributed by atoms with Gasteiger partial charge in [0.25, 0.3) is 0 Å². The molecule has 4 aromatic rings. The number of fused-ring (bicyclic) bond motifs is 1. The number of aromatic amines is 1. The molecule has 0 radical (unpaired) electrons. The van der Waals surface area contributed by atoms with Gasteiger partial charge in [0.05, 0.1) is 17.5 Å². The third kappa shape index (κ3) is 3.55. The van der Waals surface area contributed by atoms with Gasteiger partial charge in [0, 0.05) is 26.2 Å². The Labute approximate surface area is 180 Å². The summed E-state index contributed by atoms with van der Waals surface area (Å²) in [4.78, 5) is 31.3. The predicted octanol–water partition coefficient (Wildman–Crippen LogP) is 3.43. The van der Waals surface area contributed by atoms with Crippen molar-refractivity contribution in [3.63, 3.8) is 0 Å². The van der Waals surface area contributed by atoms with Gasteiger partial charge in [0.1, 0.15) is 11.3 Å². The number of furan rings is 1. The zero-order valence-corrected chi connectivity index (χ0v) is 16.8. The van der Waals surface area contributed by atoms with E-state index in [1.807, 2.05) is 9.80 Å². The Hall–Kier alpha value is -3.66. The fourth-order valence-electron chi connectivity index (χ4n) is 3.57. The van der Waals surface area contributed by atoms with Gasteiger partial charge in [-0.1, -0.05) is 11.6 Å². The maximum Gasteiger partial charge on any atom is 0.335 e. The molecule has 0 unspecified atom stereocenters. The molecule has 3 aromatic heterocycles. The molecular weight excluding hydrogens is 427 g/mol. The quantitative estimate of drug-likeness (QED) is 0.462. The van der Waals surface area contributed by atoms with Crippen LogP contribution >= 0.6 is 11.6 Å². The zero-order chi connectivity index (χ0) is 21.5. The molecule has 1 aliphatic rings. The standard InChI is InChI=1S/C20H16ClFN6O3/c21-16-15-18(25-17(24-16)14-2-1-9-31-14)26-20(23-15)28-7-5-27(6-8-28)13-4-3-11(19(29)30)10-12(13)22/h1-4,9-10H,5-8H2,(H,29,30)(H,23,24,25,26). The van der Waals surface area contributed by atoms with E-state index in [4.69, 9.17) is 21.1 Å². The summed E-state index contributed by atoms with van der Waals surface area (Å²) in [5.41, 5.74) is 1.27. The third-order valence-corrected chi connectivity index (χ3v) is 5.41. The molecule has 1 fully saturated rings. The summed E-state index contributed by atoms with van der Waals surface area (Å²) in [6, 6.07) is 7.44. The van der Waals surface area contributed by atoms with E-state index < -0.39 is 11.8 Å². The SMILES string of the molecule is O=C(O)c1ccc(N2CCN(c3nc4c(Cl)nc(-c5ccco5)nc4[nH]3)CC2)c(F)c1. The first-order valence-corrected chi connectivity index (χ1v) is 9.87. The summed E-state index contributed by atoms with van der Waals surface area (Å²) in [6.45, 7) is 2.24. The van der Waals surface area contributed by atoms with Gasteiger partial charge >= 0.3 is 5.97 Å². The fourth-order valence-corrected chi connectivity index (χ4v) is 3.79. The molecule has 9 nitrogen and oxygen atoms in total. The highest BCUT2D eigenvalue weighted by Crippen LogP contribution is 2.27. The van der Waals surface area contributed by atoms with E-state index in [1.165, 1.54) is 18.4 Å². The van der Waals surface area contributed by atoms with Gasteiger partial charge in [-0.3, -0.25) is 0 Å². The molecule has 11 heteroatoms. The Morgan fingerprint density at radius 1 is 1.13 bits per heavy atom. The number of carboxylic acid groups (broad SMARTS) is 1. The molecule has 0 atom stereocenters. The van der Waals surface area contributed by atoms with Crippen LogP contribution in [0.3, 0.4) is 0 Å². The number of H-pyrrole nitrogens is 1. The molecule has 31 heavy (non-hydrogen) atoms. The van der Waals surface area contributed by atoms with Crippen molar-refractivity contribution in [1.82, 2.24) is 19.9 Å². The lowest BCUT2D eigenvalue weighted by Gasteiger charge is -2.36. The highest BCUT2D eigenvalue weighted by atomic mass is 35.5. The number of hydrogen-bond donors (Lipinski definition) is 2. The highest BCUT2D eigenvalue weighted by molar-refractivity contribution is 6.33. The van der Waals surface area contributed by atoms with Gasteiger partial charge in [0.2, 0.25) is 5.95 Å².